The maximum Gasteiger partial charge on any atom is 0.258 e. The number of benzene rings is 2. The Morgan fingerprint density at radius 3 is 2.83 bits per heavy atom. The molecule has 148 valence electrons. The first-order valence-electron chi connectivity index (χ1n) is 9.44. The van der Waals surface area contributed by atoms with Gasteiger partial charge in [0.15, 0.2) is 5.13 Å². The molecule has 4 rings (SSSR count). The van der Waals surface area contributed by atoms with Crippen LogP contribution in [0.3, 0.4) is 0 Å². The van der Waals surface area contributed by atoms with Crippen molar-refractivity contribution in [3.63, 3.8) is 0 Å². The standard InChI is InChI=1S/C22H20ClN3O2S/c1-3-20(27)26-13(2)10-15-11-14(8-9-19(15)26)18-12-29-22(24-18)25-21(28)16-6-4-5-7-17(16)23/h4-9,11-13H,3,10H2,1-2H3,(H,24,25,28)/t13-/m1/s1. The SMILES string of the molecule is CCC(=O)N1c2ccc(-c3csc(NC(=O)c4ccccc4Cl)n3)cc2C[C@H]1C. The number of amides is 2. The normalized spacial score (nSPS) is 15.3. The number of rotatable bonds is 4. The number of halogens is 1. The van der Waals surface area contributed by atoms with Crippen molar-refractivity contribution in [1.29, 1.82) is 0 Å². The molecule has 0 unspecified atom stereocenters. The van der Waals surface area contributed by atoms with E-state index in [1.54, 1.807) is 24.3 Å². The van der Waals surface area contributed by atoms with Gasteiger partial charge in [0.25, 0.3) is 5.91 Å². The van der Waals surface area contributed by atoms with Crippen LogP contribution in [-0.4, -0.2) is 22.8 Å². The molecule has 0 radical (unpaired) electrons. The Morgan fingerprint density at radius 1 is 1.28 bits per heavy atom. The molecule has 1 aliphatic rings. The van der Waals surface area contributed by atoms with Gasteiger partial charge in [-0.05, 0) is 43.2 Å². The van der Waals surface area contributed by atoms with Gasteiger partial charge in [-0.25, -0.2) is 4.98 Å². The van der Waals surface area contributed by atoms with E-state index in [4.69, 9.17) is 11.6 Å². The summed E-state index contributed by atoms with van der Waals surface area (Å²) < 4.78 is 0. The van der Waals surface area contributed by atoms with Crippen LogP contribution >= 0.6 is 22.9 Å². The molecule has 2 amide bonds. The molecule has 0 fully saturated rings. The zero-order valence-corrected chi connectivity index (χ0v) is 17.7. The van der Waals surface area contributed by atoms with E-state index >= 15 is 0 Å². The van der Waals surface area contributed by atoms with Crippen molar-refractivity contribution in [2.75, 3.05) is 10.2 Å². The van der Waals surface area contributed by atoms with E-state index in [1.807, 2.05) is 29.3 Å². The van der Waals surface area contributed by atoms with E-state index in [1.165, 1.54) is 11.3 Å². The number of hydrogen-bond acceptors (Lipinski definition) is 4. The van der Waals surface area contributed by atoms with Crippen molar-refractivity contribution in [3.8, 4) is 11.3 Å². The number of hydrogen-bond donors (Lipinski definition) is 1. The summed E-state index contributed by atoms with van der Waals surface area (Å²) in [5, 5.41) is 5.64. The van der Waals surface area contributed by atoms with Gasteiger partial charge < -0.3 is 4.90 Å². The van der Waals surface area contributed by atoms with Gasteiger partial charge in [-0.3, -0.25) is 14.9 Å². The Bertz CT molecular complexity index is 1100. The predicted octanol–water partition coefficient (Wildman–Crippen LogP) is 5.40. The van der Waals surface area contributed by atoms with Crippen LogP contribution in [0.4, 0.5) is 10.8 Å². The van der Waals surface area contributed by atoms with Crippen LogP contribution in [-0.2, 0) is 11.2 Å². The van der Waals surface area contributed by atoms with Gasteiger partial charge in [-0.1, -0.05) is 36.7 Å². The quantitative estimate of drug-likeness (QED) is 0.608. The molecule has 0 saturated heterocycles. The molecular formula is C22H20ClN3O2S. The van der Waals surface area contributed by atoms with Gasteiger partial charge in [-0.2, -0.15) is 0 Å². The van der Waals surface area contributed by atoms with E-state index in [9.17, 15) is 9.59 Å². The molecule has 7 heteroatoms. The molecule has 0 saturated carbocycles. The Balaban J connectivity index is 1.55. The first-order chi connectivity index (χ1) is 14.0. The number of anilines is 2. The third-order valence-corrected chi connectivity index (χ3v) is 6.09. The lowest BCUT2D eigenvalue weighted by Crippen LogP contribution is -2.35. The highest BCUT2D eigenvalue weighted by molar-refractivity contribution is 7.14. The van der Waals surface area contributed by atoms with Crippen molar-refractivity contribution in [1.82, 2.24) is 4.98 Å². The maximum atomic E-state index is 12.4. The third-order valence-electron chi connectivity index (χ3n) is 5.01. The molecule has 1 atom stereocenters. The summed E-state index contributed by atoms with van der Waals surface area (Å²) in [5.41, 5.74) is 4.30. The van der Waals surface area contributed by atoms with E-state index < -0.39 is 0 Å². The number of carbonyl (C=O) groups is 2. The van der Waals surface area contributed by atoms with Crippen LogP contribution in [0.15, 0.2) is 47.8 Å². The minimum Gasteiger partial charge on any atom is -0.309 e. The molecule has 0 spiro atoms. The molecule has 5 nitrogen and oxygen atoms in total. The van der Waals surface area contributed by atoms with E-state index in [-0.39, 0.29) is 17.9 Å². The van der Waals surface area contributed by atoms with Crippen LogP contribution in [0.1, 0.15) is 36.2 Å². The molecular weight excluding hydrogens is 406 g/mol. The average Bonchev–Trinajstić information content (AvgIpc) is 3.30. The van der Waals surface area contributed by atoms with Crippen LogP contribution in [0.2, 0.25) is 5.02 Å². The lowest BCUT2D eigenvalue weighted by atomic mass is 10.1. The van der Waals surface area contributed by atoms with Crippen LogP contribution < -0.4 is 10.2 Å². The van der Waals surface area contributed by atoms with E-state index in [0.717, 1.165) is 28.9 Å². The van der Waals surface area contributed by atoms with Crippen molar-refractivity contribution < 1.29 is 9.59 Å². The summed E-state index contributed by atoms with van der Waals surface area (Å²) in [4.78, 5) is 31.1. The number of fused-ring (bicyclic) bond motifs is 1. The number of thiazole rings is 1. The Hall–Kier alpha value is -2.70. The van der Waals surface area contributed by atoms with Crippen molar-refractivity contribution in [3.05, 3.63) is 64.0 Å². The van der Waals surface area contributed by atoms with Gasteiger partial charge in [0, 0.05) is 29.1 Å². The van der Waals surface area contributed by atoms with E-state index in [0.29, 0.717) is 22.1 Å². The van der Waals surface area contributed by atoms with Gasteiger partial charge >= 0.3 is 0 Å². The Kier molecular flexibility index (Phi) is 5.39. The van der Waals surface area contributed by atoms with Crippen LogP contribution in [0.25, 0.3) is 11.3 Å². The highest BCUT2D eigenvalue weighted by Crippen LogP contribution is 2.36. The molecule has 29 heavy (non-hydrogen) atoms. The zero-order chi connectivity index (χ0) is 20.5. The van der Waals surface area contributed by atoms with Crippen molar-refractivity contribution in [2.24, 2.45) is 0 Å². The lowest BCUT2D eigenvalue weighted by Gasteiger charge is -2.22. The Labute approximate surface area is 178 Å². The molecule has 2 heterocycles. The van der Waals surface area contributed by atoms with Crippen LogP contribution in [0.5, 0.6) is 0 Å². The first-order valence-corrected chi connectivity index (χ1v) is 10.7. The highest BCUT2D eigenvalue weighted by atomic mass is 35.5. The van der Waals surface area contributed by atoms with E-state index in [2.05, 4.69) is 23.3 Å². The fourth-order valence-electron chi connectivity index (χ4n) is 3.61. The molecule has 3 aromatic rings. The number of nitrogens with zero attached hydrogens (tertiary/aromatic N) is 2. The summed E-state index contributed by atoms with van der Waals surface area (Å²) in [6.07, 6.45) is 1.32. The Morgan fingerprint density at radius 2 is 2.07 bits per heavy atom. The molecule has 0 aliphatic carbocycles. The van der Waals surface area contributed by atoms with Gasteiger partial charge in [0.1, 0.15) is 0 Å². The topological polar surface area (TPSA) is 62.3 Å². The second kappa shape index (κ2) is 7.97. The van der Waals surface area contributed by atoms with Gasteiger partial charge in [0.05, 0.1) is 16.3 Å². The number of nitrogens with one attached hydrogen (secondary N) is 1. The highest BCUT2D eigenvalue weighted by Gasteiger charge is 2.30. The average molecular weight is 426 g/mol. The predicted molar refractivity (Wildman–Crippen MR) is 118 cm³/mol. The summed E-state index contributed by atoms with van der Waals surface area (Å²) >= 11 is 7.46. The maximum absolute atomic E-state index is 12.4. The number of carbonyl (C=O) groups excluding carboxylic acids is 2. The summed E-state index contributed by atoms with van der Waals surface area (Å²) in [7, 11) is 0. The van der Waals surface area contributed by atoms with Gasteiger partial charge in [0.2, 0.25) is 5.91 Å². The minimum atomic E-state index is -0.284. The minimum absolute atomic E-state index is 0.141. The van der Waals surface area contributed by atoms with Crippen LogP contribution in [0, 0.1) is 0 Å². The molecule has 1 N–H and O–H groups in total. The molecule has 1 aliphatic heterocycles. The van der Waals surface area contributed by atoms with Crippen molar-refractivity contribution in [2.45, 2.75) is 32.7 Å². The van der Waals surface area contributed by atoms with Gasteiger partial charge in [-0.15, -0.1) is 11.3 Å². The fourth-order valence-corrected chi connectivity index (χ4v) is 4.55. The van der Waals surface area contributed by atoms with Crippen molar-refractivity contribution >= 4 is 45.6 Å². The summed E-state index contributed by atoms with van der Waals surface area (Å²) in [6, 6.07) is 13.1. The smallest absolute Gasteiger partial charge is 0.258 e. The summed E-state index contributed by atoms with van der Waals surface area (Å²) in [5.74, 6) is -0.143. The lowest BCUT2D eigenvalue weighted by molar-refractivity contribution is -0.118. The summed E-state index contributed by atoms with van der Waals surface area (Å²) in [6.45, 7) is 3.95. The fraction of sp³-hybridized carbons (Fsp3) is 0.227. The monoisotopic (exact) mass is 425 g/mol. The first kappa shape index (κ1) is 19.6. The second-order valence-corrected chi connectivity index (χ2v) is 8.25. The largest absolute Gasteiger partial charge is 0.309 e. The molecule has 0 bridgehead atoms. The molecule has 2 aromatic carbocycles. The zero-order valence-electron chi connectivity index (χ0n) is 16.1. The third kappa shape index (κ3) is 3.78. The second-order valence-electron chi connectivity index (χ2n) is 6.99. The number of aromatic nitrogens is 1. The molecule has 1 aromatic heterocycles.